The second-order valence-corrected chi connectivity index (χ2v) is 3.45. The van der Waals surface area contributed by atoms with E-state index in [9.17, 15) is 4.79 Å². The number of ether oxygens (including phenoxy) is 1. The van der Waals surface area contributed by atoms with E-state index in [1.807, 2.05) is 25.1 Å². The van der Waals surface area contributed by atoms with Crippen LogP contribution >= 0.6 is 0 Å². The van der Waals surface area contributed by atoms with Crippen LogP contribution in [0.2, 0.25) is 0 Å². The zero-order chi connectivity index (χ0) is 9.97. The van der Waals surface area contributed by atoms with Crippen molar-refractivity contribution >= 4 is 11.5 Å². The first kappa shape index (κ1) is 9.06. The van der Waals surface area contributed by atoms with Crippen molar-refractivity contribution < 1.29 is 13.9 Å². The first-order valence-corrected chi connectivity index (χ1v) is 4.67. The molecule has 0 saturated heterocycles. The van der Waals surface area contributed by atoms with Gasteiger partial charge in [0.05, 0.1) is 12.2 Å². The maximum absolute atomic E-state index is 11.2. The first-order valence-electron chi connectivity index (χ1n) is 4.67. The normalized spacial score (nSPS) is 22.5. The molecule has 0 bridgehead atoms. The van der Waals surface area contributed by atoms with E-state index in [0.717, 1.165) is 17.8 Å². The van der Waals surface area contributed by atoms with Crippen LogP contribution in [0.15, 0.2) is 28.9 Å². The molecule has 0 amide bonds. The highest BCUT2D eigenvalue weighted by Crippen LogP contribution is 2.21. The van der Waals surface area contributed by atoms with Crippen LogP contribution in [0.5, 0.6) is 0 Å². The Balaban J connectivity index is 2.18. The van der Waals surface area contributed by atoms with E-state index in [0.29, 0.717) is 6.61 Å². The van der Waals surface area contributed by atoms with Gasteiger partial charge in [0.2, 0.25) is 0 Å². The Morgan fingerprint density at radius 3 is 3.07 bits per heavy atom. The van der Waals surface area contributed by atoms with Gasteiger partial charge in [-0.1, -0.05) is 13.0 Å². The van der Waals surface area contributed by atoms with Gasteiger partial charge in [-0.05, 0) is 18.6 Å². The maximum atomic E-state index is 11.2. The van der Waals surface area contributed by atoms with Crippen molar-refractivity contribution in [2.24, 2.45) is 5.92 Å². The third kappa shape index (κ3) is 1.71. The Bertz CT molecular complexity index is 349. The summed E-state index contributed by atoms with van der Waals surface area (Å²) in [7, 11) is 0. The Morgan fingerprint density at radius 2 is 2.36 bits per heavy atom. The van der Waals surface area contributed by atoms with Crippen LogP contribution in [0.4, 0.5) is 0 Å². The molecule has 0 spiro atoms. The van der Waals surface area contributed by atoms with Crippen molar-refractivity contribution in [2.45, 2.75) is 13.3 Å². The lowest BCUT2D eigenvalue weighted by Gasteiger charge is -2.04. The predicted molar refractivity (Wildman–Crippen MR) is 51.4 cm³/mol. The molecule has 0 aromatic carbocycles. The molecule has 3 heteroatoms. The number of carbonyl (C=O) groups is 1. The average molecular weight is 192 g/mol. The SMILES string of the molecule is C[C@H]1CC=C(c2ccco2)COC1=O. The van der Waals surface area contributed by atoms with E-state index in [4.69, 9.17) is 9.15 Å². The molecule has 0 fully saturated rings. The van der Waals surface area contributed by atoms with Crippen LogP contribution < -0.4 is 0 Å². The van der Waals surface area contributed by atoms with Gasteiger partial charge in [0.25, 0.3) is 0 Å². The van der Waals surface area contributed by atoms with Gasteiger partial charge in [0.15, 0.2) is 0 Å². The van der Waals surface area contributed by atoms with Crippen molar-refractivity contribution in [3.05, 3.63) is 30.2 Å². The second kappa shape index (κ2) is 3.70. The summed E-state index contributed by atoms with van der Waals surface area (Å²) < 4.78 is 10.3. The number of carbonyl (C=O) groups excluding carboxylic acids is 1. The summed E-state index contributed by atoms with van der Waals surface area (Å²) >= 11 is 0. The third-order valence-corrected chi connectivity index (χ3v) is 2.33. The number of cyclic esters (lactones) is 1. The Morgan fingerprint density at radius 1 is 1.50 bits per heavy atom. The van der Waals surface area contributed by atoms with Gasteiger partial charge in [-0.2, -0.15) is 0 Å². The molecule has 1 aromatic heterocycles. The lowest BCUT2D eigenvalue weighted by Crippen LogP contribution is -2.12. The van der Waals surface area contributed by atoms with Gasteiger partial charge in [0, 0.05) is 5.57 Å². The summed E-state index contributed by atoms with van der Waals surface area (Å²) in [4.78, 5) is 11.2. The second-order valence-electron chi connectivity index (χ2n) is 3.45. The van der Waals surface area contributed by atoms with E-state index in [-0.39, 0.29) is 11.9 Å². The Labute approximate surface area is 82.4 Å². The van der Waals surface area contributed by atoms with E-state index in [1.165, 1.54) is 0 Å². The van der Waals surface area contributed by atoms with Gasteiger partial charge in [-0.25, -0.2) is 0 Å². The number of hydrogen-bond donors (Lipinski definition) is 0. The first-order chi connectivity index (χ1) is 6.77. The third-order valence-electron chi connectivity index (χ3n) is 2.33. The van der Waals surface area contributed by atoms with E-state index >= 15 is 0 Å². The minimum Gasteiger partial charge on any atom is -0.465 e. The molecule has 1 aliphatic rings. The van der Waals surface area contributed by atoms with E-state index < -0.39 is 0 Å². The molecule has 74 valence electrons. The quantitative estimate of drug-likeness (QED) is 0.640. The van der Waals surface area contributed by atoms with E-state index in [1.54, 1.807) is 6.26 Å². The van der Waals surface area contributed by atoms with Crippen LogP contribution in [0, 0.1) is 5.92 Å². The van der Waals surface area contributed by atoms with Crippen molar-refractivity contribution in [3.63, 3.8) is 0 Å². The topological polar surface area (TPSA) is 39.4 Å². The lowest BCUT2D eigenvalue weighted by atomic mass is 10.1. The Hall–Kier alpha value is -1.51. The molecule has 1 aromatic rings. The number of rotatable bonds is 1. The standard InChI is InChI=1S/C11H12O3/c1-8-4-5-9(7-14-11(8)12)10-3-2-6-13-10/h2-3,5-6,8H,4,7H2,1H3/t8-/m0/s1. The van der Waals surface area contributed by atoms with Crippen LogP contribution in [0.25, 0.3) is 5.57 Å². The predicted octanol–water partition coefficient (Wildman–Crippen LogP) is 2.25. The van der Waals surface area contributed by atoms with Crippen LogP contribution in [0.3, 0.4) is 0 Å². The maximum Gasteiger partial charge on any atom is 0.309 e. The molecule has 0 unspecified atom stereocenters. The fourth-order valence-electron chi connectivity index (χ4n) is 1.40. The highest BCUT2D eigenvalue weighted by molar-refractivity contribution is 5.76. The molecule has 0 aliphatic carbocycles. The molecule has 0 radical (unpaired) electrons. The van der Waals surface area contributed by atoms with Crippen molar-refractivity contribution in [3.8, 4) is 0 Å². The molecule has 1 atom stereocenters. The summed E-state index contributed by atoms with van der Waals surface area (Å²) in [6, 6.07) is 3.70. The van der Waals surface area contributed by atoms with E-state index in [2.05, 4.69) is 0 Å². The monoisotopic (exact) mass is 192 g/mol. The minimum atomic E-state index is -0.136. The fourth-order valence-corrected chi connectivity index (χ4v) is 1.40. The molecule has 2 heterocycles. The molecule has 14 heavy (non-hydrogen) atoms. The largest absolute Gasteiger partial charge is 0.465 e. The van der Waals surface area contributed by atoms with Crippen LogP contribution in [-0.2, 0) is 9.53 Å². The van der Waals surface area contributed by atoms with Gasteiger partial charge in [-0.3, -0.25) is 4.79 Å². The summed E-state index contributed by atoms with van der Waals surface area (Å²) in [5, 5.41) is 0. The smallest absolute Gasteiger partial charge is 0.309 e. The van der Waals surface area contributed by atoms with Gasteiger partial charge >= 0.3 is 5.97 Å². The highest BCUT2D eigenvalue weighted by Gasteiger charge is 2.19. The van der Waals surface area contributed by atoms with Gasteiger partial charge < -0.3 is 9.15 Å². The number of esters is 1. The summed E-state index contributed by atoms with van der Waals surface area (Å²) in [6.45, 7) is 2.18. The molecular formula is C11H12O3. The zero-order valence-electron chi connectivity index (χ0n) is 8.03. The van der Waals surface area contributed by atoms with Crippen LogP contribution in [-0.4, -0.2) is 12.6 Å². The van der Waals surface area contributed by atoms with Crippen molar-refractivity contribution in [1.82, 2.24) is 0 Å². The minimum absolute atomic E-state index is 0.0533. The summed E-state index contributed by atoms with van der Waals surface area (Å²) in [5.41, 5.74) is 0.952. The van der Waals surface area contributed by atoms with Gasteiger partial charge in [0.1, 0.15) is 12.4 Å². The Kier molecular flexibility index (Phi) is 2.39. The lowest BCUT2D eigenvalue weighted by molar-refractivity contribution is -0.145. The fraction of sp³-hybridized carbons (Fsp3) is 0.364. The van der Waals surface area contributed by atoms with Gasteiger partial charge in [-0.15, -0.1) is 0 Å². The van der Waals surface area contributed by atoms with Crippen molar-refractivity contribution in [2.75, 3.05) is 6.61 Å². The zero-order valence-corrected chi connectivity index (χ0v) is 8.03. The molecule has 3 nitrogen and oxygen atoms in total. The summed E-state index contributed by atoms with van der Waals surface area (Å²) in [6.07, 6.45) is 4.34. The van der Waals surface area contributed by atoms with Crippen LogP contribution in [0.1, 0.15) is 19.1 Å². The molecule has 0 saturated carbocycles. The molecule has 2 rings (SSSR count). The number of furan rings is 1. The number of hydrogen-bond acceptors (Lipinski definition) is 3. The van der Waals surface area contributed by atoms with Crippen molar-refractivity contribution in [1.29, 1.82) is 0 Å². The molecule has 1 aliphatic heterocycles. The number of allylic oxidation sites excluding steroid dienone is 1. The molecule has 0 N–H and O–H groups in total. The summed E-state index contributed by atoms with van der Waals surface area (Å²) in [5.74, 6) is 0.595. The highest BCUT2D eigenvalue weighted by atomic mass is 16.5. The molecular weight excluding hydrogens is 180 g/mol. The average Bonchev–Trinajstić information content (AvgIpc) is 2.65.